The van der Waals surface area contributed by atoms with Crippen LogP contribution in [-0.2, 0) is 0 Å². The number of allylic oxidation sites excluding steroid dienone is 1. The first-order chi connectivity index (χ1) is 16.9. The third-order valence-electron chi connectivity index (χ3n) is 6.34. The molecule has 35 heavy (non-hydrogen) atoms. The molecule has 6 nitrogen and oxygen atoms in total. The lowest BCUT2D eigenvalue weighted by Crippen LogP contribution is -2.36. The van der Waals surface area contributed by atoms with Gasteiger partial charge in [0.05, 0.1) is 23.4 Å². The van der Waals surface area contributed by atoms with Crippen molar-refractivity contribution in [2.24, 2.45) is 0 Å². The quantitative estimate of drug-likeness (QED) is 0.330. The summed E-state index contributed by atoms with van der Waals surface area (Å²) in [4.78, 5) is 11.4. The molecule has 186 valence electrons. The van der Waals surface area contributed by atoms with Crippen molar-refractivity contribution in [1.82, 2.24) is 9.97 Å². The molecule has 0 aliphatic carbocycles. The van der Waals surface area contributed by atoms with Crippen LogP contribution >= 0.6 is 0 Å². The van der Waals surface area contributed by atoms with Crippen molar-refractivity contribution in [1.29, 1.82) is 0 Å². The molecular formula is C28H35FN4O2. The number of ether oxygens (including phenoxy) is 1. The van der Waals surface area contributed by atoms with Crippen molar-refractivity contribution in [3.8, 4) is 5.75 Å². The first-order valence-corrected chi connectivity index (χ1v) is 12.5. The molecule has 0 bridgehead atoms. The lowest BCUT2D eigenvalue weighted by Gasteiger charge is -2.33. The fraction of sp³-hybridized carbons (Fsp3) is 0.429. The van der Waals surface area contributed by atoms with Gasteiger partial charge in [-0.3, -0.25) is 0 Å². The first-order valence-electron chi connectivity index (χ1n) is 12.5. The van der Waals surface area contributed by atoms with Gasteiger partial charge in [-0.25, -0.2) is 14.4 Å². The lowest BCUT2D eigenvalue weighted by molar-refractivity contribution is 0.144. The first kappa shape index (κ1) is 24.9. The molecule has 1 fully saturated rings. The van der Waals surface area contributed by atoms with E-state index in [-0.39, 0.29) is 18.0 Å². The monoisotopic (exact) mass is 478 g/mol. The SMILES string of the molecule is C=C(C)CCC(CCC)Oc1cc2nc(Nc3cccc(F)c3)ncc2cc1N1CCC(O)CC1. The van der Waals surface area contributed by atoms with Crippen molar-refractivity contribution in [2.45, 2.75) is 64.6 Å². The molecule has 0 amide bonds. The second-order valence-electron chi connectivity index (χ2n) is 9.45. The lowest BCUT2D eigenvalue weighted by atomic mass is 10.0. The number of anilines is 3. The summed E-state index contributed by atoms with van der Waals surface area (Å²) < 4.78 is 20.2. The topological polar surface area (TPSA) is 70.5 Å². The Morgan fingerprint density at radius 2 is 2.06 bits per heavy atom. The van der Waals surface area contributed by atoms with Gasteiger partial charge in [-0.2, -0.15) is 0 Å². The van der Waals surface area contributed by atoms with E-state index in [0.29, 0.717) is 11.6 Å². The Morgan fingerprint density at radius 1 is 1.26 bits per heavy atom. The van der Waals surface area contributed by atoms with Crippen LogP contribution in [-0.4, -0.2) is 40.4 Å². The smallest absolute Gasteiger partial charge is 0.227 e. The van der Waals surface area contributed by atoms with E-state index in [1.165, 1.54) is 12.1 Å². The number of piperidine rings is 1. The molecule has 1 aliphatic heterocycles. The summed E-state index contributed by atoms with van der Waals surface area (Å²) in [6.45, 7) is 9.81. The molecular weight excluding hydrogens is 443 g/mol. The largest absolute Gasteiger partial charge is 0.488 e. The molecule has 3 aromatic rings. The second-order valence-corrected chi connectivity index (χ2v) is 9.45. The zero-order valence-corrected chi connectivity index (χ0v) is 20.6. The summed E-state index contributed by atoms with van der Waals surface area (Å²) in [5.41, 5.74) is 3.51. The minimum absolute atomic E-state index is 0.0787. The maximum Gasteiger partial charge on any atom is 0.227 e. The number of nitrogens with zero attached hydrogens (tertiary/aromatic N) is 3. The van der Waals surface area contributed by atoms with E-state index in [4.69, 9.17) is 4.74 Å². The number of aromatic nitrogens is 2. The van der Waals surface area contributed by atoms with Crippen LogP contribution in [0.15, 0.2) is 54.7 Å². The number of fused-ring (bicyclic) bond motifs is 1. The van der Waals surface area contributed by atoms with E-state index in [0.717, 1.165) is 79.5 Å². The molecule has 1 aliphatic rings. The normalized spacial score (nSPS) is 15.3. The summed E-state index contributed by atoms with van der Waals surface area (Å²) >= 11 is 0. The van der Waals surface area contributed by atoms with Crippen molar-refractivity contribution >= 4 is 28.2 Å². The highest BCUT2D eigenvalue weighted by molar-refractivity contribution is 5.86. The summed E-state index contributed by atoms with van der Waals surface area (Å²) in [6, 6.07) is 10.3. The maximum absolute atomic E-state index is 13.6. The van der Waals surface area contributed by atoms with E-state index in [2.05, 4.69) is 39.8 Å². The fourth-order valence-electron chi connectivity index (χ4n) is 4.42. The molecule has 2 heterocycles. The molecule has 2 N–H and O–H groups in total. The Labute approximate surface area is 206 Å². The van der Waals surface area contributed by atoms with Gasteiger partial charge in [0.15, 0.2) is 0 Å². The molecule has 4 rings (SSSR count). The van der Waals surface area contributed by atoms with E-state index in [9.17, 15) is 9.50 Å². The number of benzene rings is 2. The average Bonchev–Trinajstić information content (AvgIpc) is 2.83. The van der Waals surface area contributed by atoms with Gasteiger partial charge >= 0.3 is 0 Å². The minimum Gasteiger partial charge on any atom is -0.488 e. The predicted molar refractivity (Wildman–Crippen MR) is 140 cm³/mol. The molecule has 7 heteroatoms. The minimum atomic E-state index is -0.320. The van der Waals surface area contributed by atoms with Crippen LogP contribution in [0.25, 0.3) is 10.9 Å². The van der Waals surface area contributed by atoms with Crippen LogP contribution < -0.4 is 15.0 Å². The number of nitrogens with one attached hydrogen (secondary N) is 1. The van der Waals surface area contributed by atoms with Crippen LogP contribution in [0, 0.1) is 5.82 Å². The fourth-order valence-corrected chi connectivity index (χ4v) is 4.42. The third-order valence-corrected chi connectivity index (χ3v) is 6.34. The number of halogens is 1. The second kappa shape index (κ2) is 11.5. The molecule has 1 aromatic heterocycles. The molecule has 1 saturated heterocycles. The Kier molecular flexibility index (Phi) is 8.18. The van der Waals surface area contributed by atoms with Crippen LogP contribution in [0.3, 0.4) is 0 Å². The van der Waals surface area contributed by atoms with Crippen LogP contribution in [0.5, 0.6) is 5.75 Å². The Morgan fingerprint density at radius 3 is 2.77 bits per heavy atom. The van der Waals surface area contributed by atoms with Crippen LogP contribution in [0.1, 0.15) is 52.4 Å². The van der Waals surface area contributed by atoms with Crippen molar-refractivity contribution in [2.75, 3.05) is 23.3 Å². The van der Waals surface area contributed by atoms with Gasteiger partial charge < -0.3 is 20.1 Å². The molecule has 1 atom stereocenters. The van der Waals surface area contributed by atoms with Gasteiger partial charge in [0.1, 0.15) is 11.6 Å². The van der Waals surface area contributed by atoms with E-state index >= 15 is 0 Å². The zero-order valence-electron chi connectivity index (χ0n) is 20.6. The van der Waals surface area contributed by atoms with E-state index in [1.807, 2.05) is 13.0 Å². The summed E-state index contributed by atoms with van der Waals surface area (Å²) in [5.74, 6) is 0.874. The Hall–Kier alpha value is -3.19. The third kappa shape index (κ3) is 6.69. The molecule has 0 radical (unpaired) electrons. The number of aliphatic hydroxyl groups excluding tert-OH is 1. The van der Waals surface area contributed by atoms with Crippen molar-refractivity contribution in [3.05, 3.63) is 60.6 Å². The molecule has 1 unspecified atom stereocenters. The van der Waals surface area contributed by atoms with Crippen molar-refractivity contribution in [3.63, 3.8) is 0 Å². The van der Waals surface area contributed by atoms with Gasteiger partial charge in [-0.05, 0) is 63.3 Å². The van der Waals surface area contributed by atoms with Gasteiger partial charge in [0, 0.05) is 36.4 Å². The summed E-state index contributed by atoms with van der Waals surface area (Å²) in [7, 11) is 0. The maximum atomic E-state index is 13.6. The summed E-state index contributed by atoms with van der Waals surface area (Å²) in [6.07, 6.45) is 6.90. The van der Waals surface area contributed by atoms with Gasteiger partial charge in [0.2, 0.25) is 5.95 Å². The van der Waals surface area contributed by atoms with Crippen LogP contribution in [0.2, 0.25) is 0 Å². The number of aliphatic hydroxyl groups is 1. The standard InChI is InChI=1S/C28H35FN4O2/c1-4-6-24(10-9-19(2)3)35-27-17-25-20(15-26(27)33-13-11-23(34)12-14-33)18-30-28(32-25)31-22-8-5-7-21(29)16-22/h5,7-8,15-18,23-24,34H,2,4,6,9-14H2,1,3H3,(H,30,31,32). The van der Waals surface area contributed by atoms with Gasteiger partial charge in [0.25, 0.3) is 0 Å². The highest BCUT2D eigenvalue weighted by Crippen LogP contribution is 2.36. The zero-order chi connectivity index (χ0) is 24.8. The molecule has 0 spiro atoms. The van der Waals surface area contributed by atoms with E-state index < -0.39 is 0 Å². The predicted octanol–water partition coefficient (Wildman–Crippen LogP) is 6.38. The number of rotatable bonds is 10. The Balaban J connectivity index is 1.67. The number of hydrogen-bond donors (Lipinski definition) is 2. The average molecular weight is 479 g/mol. The van der Waals surface area contributed by atoms with Crippen LogP contribution in [0.4, 0.5) is 21.7 Å². The van der Waals surface area contributed by atoms with E-state index in [1.54, 1.807) is 18.3 Å². The van der Waals surface area contributed by atoms with Gasteiger partial charge in [-0.1, -0.05) is 25.0 Å². The summed E-state index contributed by atoms with van der Waals surface area (Å²) in [5, 5.41) is 14.0. The Bertz CT molecular complexity index is 1160. The molecule has 0 saturated carbocycles. The highest BCUT2D eigenvalue weighted by atomic mass is 19.1. The molecule has 2 aromatic carbocycles. The van der Waals surface area contributed by atoms with Gasteiger partial charge in [-0.15, -0.1) is 6.58 Å². The number of hydrogen-bond acceptors (Lipinski definition) is 6. The highest BCUT2D eigenvalue weighted by Gasteiger charge is 2.23. The van der Waals surface area contributed by atoms with Crippen molar-refractivity contribution < 1.29 is 14.2 Å².